The zero-order valence-electron chi connectivity index (χ0n) is 18.6. The number of benzene rings is 1. The maximum atomic E-state index is 13.8. The van der Waals surface area contributed by atoms with E-state index in [1.165, 1.54) is 12.3 Å². The number of hydrogen-bond acceptors (Lipinski definition) is 4. The molecule has 0 spiro atoms. The topological polar surface area (TPSA) is 73.2 Å². The molecule has 0 saturated heterocycles. The maximum absolute atomic E-state index is 13.8. The van der Waals surface area contributed by atoms with Crippen LogP contribution in [0.4, 0.5) is 9.18 Å². The Bertz CT molecular complexity index is 1260. The summed E-state index contributed by atoms with van der Waals surface area (Å²) in [7, 11) is 0. The van der Waals surface area contributed by atoms with Gasteiger partial charge < -0.3 is 14.6 Å². The molecular formula is C23H23Cl3FN3O3. The molecule has 2 heterocycles. The minimum absolute atomic E-state index is 0.0732. The Morgan fingerprint density at radius 3 is 2.39 bits per heavy atom. The number of pyridine rings is 2. The van der Waals surface area contributed by atoms with Gasteiger partial charge in [0, 0.05) is 24.5 Å². The van der Waals surface area contributed by atoms with Gasteiger partial charge in [-0.2, -0.15) is 0 Å². The van der Waals surface area contributed by atoms with Gasteiger partial charge in [0.1, 0.15) is 11.4 Å². The third-order valence-corrected chi connectivity index (χ3v) is 5.56. The summed E-state index contributed by atoms with van der Waals surface area (Å²) in [6.45, 7) is 7.38. The zero-order chi connectivity index (χ0) is 24.5. The fourth-order valence-corrected chi connectivity index (χ4v) is 4.34. The summed E-state index contributed by atoms with van der Waals surface area (Å²) in [5, 5.41) is 3.36. The second kappa shape index (κ2) is 9.87. The molecule has 0 radical (unpaired) electrons. The van der Waals surface area contributed by atoms with Crippen LogP contribution in [0.2, 0.25) is 15.1 Å². The Balaban J connectivity index is 2.01. The first-order valence-corrected chi connectivity index (χ1v) is 11.3. The van der Waals surface area contributed by atoms with Crippen LogP contribution in [0, 0.1) is 12.7 Å². The SMILES string of the molecule is Cc1cc(=O)c2c(CCCNC(=O)OC(C)(C)C)ncc(Cl)c2n1-c1c(Cl)cc(F)cc1Cl. The predicted octanol–water partition coefficient (Wildman–Crippen LogP) is 6.25. The molecule has 0 bridgehead atoms. The fraction of sp³-hybridized carbons (Fsp3) is 0.348. The van der Waals surface area contributed by atoms with Crippen molar-refractivity contribution in [3.8, 4) is 5.69 Å². The van der Waals surface area contributed by atoms with E-state index >= 15 is 0 Å². The number of amides is 1. The minimum atomic E-state index is -0.593. The zero-order valence-corrected chi connectivity index (χ0v) is 20.8. The van der Waals surface area contributed by atoms with Gasteiger partial charge in [0.2, 0.25) is 0 Å². The number of hydrogen-bond donors (Lipinski definition) is 1. The summed E-state index contributed by atoms with van der Waals surface area (Å²) in [5.41, 5.74) is 0.861. The Kier molecular flexibility index (Phi) is 7.56. The van der Waals surface area contributed by atoms with E-state index in [2.05, 4.69) is 10.3 Å². The number of rotatable bonds is 5. The van der Waals surface area contributed by atoms with E-state index in [-0.39, 0.29) is 20.5 Å². The van der Waals surface area contributed by atoms with E-state index in [0.717, 1.165) is 12.1 Å². The average Bonchev–Trinajstić information content (AvgIpc) is 2.66. The number of carbonyl (C=O) groups excluding carboxylic acids is 1. The molecule has 0 unspecified atom stereocenters. The highest BCUT2D eigenvalue weighted by Gasteiger charge is 2.20. The molecule has 0 aliphatic heterocycles. The average molecular weight is 515 g/mol. The number of nitrogens with one attached hydrogen (secondary N) is 1. The van der Waals surface area contributed by atoms with E-state index in [1.54, 1.807) is 32.3 Å². The van der Waals surface area contributed by atoms with Crippen LogP contribution in [0.5, 0.6) is 0 Å². The second-order valence-electron chi connectivity index (χ2n) is 8.51. The summed E-state index contributed by atoms with van der Waals surface area (Å²) < 4.78 is 20.6. The van der Waals surface area contributed by atoms with E-state index in [4.69, 9.17) is 39.5 Å². The highest BCUT2D eigenvalue weighted by atomic mass is 35.5. The first-order valence-electron chi connectivity index (χ1n) is 10.2. The Morgan fingerprint density at radius 1 is 1.15 bits per heavy atom. The van der Waals surface area contributed by atoms with Crippen LogP contribution in [0.1, 0.15) is 38.6 Å². The summed E-state index contributed by atoms with van der Waals surface area (Å²) in [4.78, 5) is 29.1. The van der Waals surface area contributed by atoms with Gasteiger partial charge in [-0.25, -0.2) is 9.18 Å². The number of carbonyl (C=O) groups is 1. The van der Waals surface area contributed by atoms with Crippen LogP contribution in [-0.2, 0) is 11.2 Å². The van der Waals surface area contributed by atoms with Crippen molar-refractivity contribution in [2.45, 2.75) is 46.1 Å². The standard InChI is InChI=1S/C23H23Cl3FN3O3/c1-12-8-18(31)19-17(6-5-7-28-22(32)33-23(2,3)4)29-11-16(26)21(19)30(12)20-14(24)9-13(27)10-15(20)25/h8-11H,5-7H2,1-4H3,(H,28,32). The number of ether oxygens (including phenoxy) is 1. The lowest BCUT2D eigenvalue weighted by Crippen LogP contribution is -2.33. The van der Waals surface area contributed by atoms with Crippen molar-refractivity contribution < 1.29 is 13.9 Å². The number of aryl methyl sites for hydroxylation is 2. The normalized spacial score (nSPS) is 11.6. The van der Waals surface area contributed by atoms with Gasteiger partial charge in [0.25, 0.3) is 0 Å². The molecule has 1 N–H and O–H groups in total. The summed E-state index contributed by atoms with van der Waals surface area (Å²) in [6.07, 6.45) is 1.83. The Morgan fingerprint density at radius 2 is 1.79 bits per heavy atom. The molecule has 0 fully saturated rings. The lowest BCUT2D eigenvalue weighted by Gasteiger charge is -2.20. The Labute approximate surface area is 205 Å². The molecule has 0 aliphatic rings. The molecule has 0 atom stereocenters. The largest absolute Gasteiger partial charge is 0.444 e. The van der Waals surface area contributed by atoms with Gasteiger partial charge in [0.15, 0.2) is 5.43 Å². The highest BCUT2D eigenvalue weighted by Crippen LogP contribution is 2.35. The van der Waals surface area contributed by atoms with Crippen molar-refractivity contribution in [1.29, 1.82) is 0 Å². The number of nitrogens with zero attached hydrogens (tertiary/aromatic N) is 2. The van der Waals surface area contributed by atoms with Crippen LogP contribution in [0.3, 0.4) is 0 Å². The first-order chi connectivity index (χ1) is 15.4. The highest BCUT2D eigenvalue weighted by molar-refractivity contribution is 6.38. The third kappa shape index (κ3) is 5.78. The number of fused-ring (bicyclic) bond motifs is 1. The molecule has 33 heavy (non-hydrogen) atoms. The molecule has 10 heteroatoms. The van der Waals surface area contributed by atoms with Crippen molar-refractivity contribution in [3.05, 3.63) is 66.9 Å². The summed E-state index contributed by atoms with van der Waals surface area (Å²) >= 11 is 19.1. The van der Waals surface area contributed by atoms with Gasteiger partial charge >= 0.3 is 6.09 Å². The molecular weight excluding hydrogens is 492 g/mol. The third-order valence-electron chi connectivity index (χ3n) is 4.71. The second-order valence-corrected chi connectivity index (χ2v) is 9.73. The molecule has 176 valence electrons. The summed E-state index contributed by atoms with van der Waals surface area (Å²) in [6, 6.07) is 3.72. The monoisotopic (exact) mass is 513 g/mol. The van der Waals surface area contributed by atoms with Crippen molar-refractivity contribution in [3.63, 3.8) is 0 Å². The number of aromatic nitrogens is 2. The van der Waals surface area contributed by atoms with Gasteiger partial charge in [-0.1, -0.05) is 34.8 Å². The molecule has 1 aromatic carbocycles. The maximum Gasteiger partial charge on any atom is 0.407 e. The van der Waals surface area contributed by atoms with Crippen molar-refractivity contribution >= 4 is 51.8 Å². The molecule has 1 amide bonds. The van der Waals surface area contributed by atoms with Crippen molar-refractivity contribution in [1.82, 2.24) is 14.9 Å². The smallest absolute Gasteiger partial charge is 0.407 e. The van der Waals surface area contributed by atoms with Gasteiger partial charge in [-0.05, 0) is 52.7 Å². The quantitative estimate of drug-likeness (QED) is 0.408. The molecule has 2 aromatic heterocycles. The lowest BCUT2D eigenvalue weighted by molar-refractivity contribution is 0.0527. The first kappa shape index (κ1) is 25.3. The molecule has 3 rings (SSSR count). The van der Waals surface area contributed by atoms with E-state index in [0.29, 0.717) is 47.4 Å². The van der Waals surface area contributed by atoms with Crippen molar-refractivity contribution in [2.24, 2.45) is 0 Å². The van der Waals surface area contributed by atoms with Crippen LogP contribution < -0.4 is 10.7 Å². The molecule has 3 aromatic rings. The predicted molar refractivity (Wildman–Crippen MR) is 130 cm³/mol. The van der Waals surface area contributed by atoms with Crippen molar-refractivity contribution in [2.75, 3.05) is 6.54 Å². The fourth-order valence-electron chi connectivity index (χ4n) is 3.48. The van der Waals surface area contributed by atoms with Gasteiger partial charge in [0.05, 0.1) is 37.4 Å². The van der Waals surface area contributed by atoms with E-state index in [1.807, 2.05) is 0 Å². The van der Waals surface area contributed by atoms with Crippen LogP contribution in [0.15, 0.2) is 29.2 Å². The van der Waals surface area contributed by atoms with Gasteiger partial charge in [-0.3, -0.25) is 9.78 Å². The Hall–Kier alpha value is -2.35. The van der Waals surface area contributed by atoms with Crippen LogP contribution in [-0.4, -0.2) is 27.8 Å². The van der Waals surface area contributed by atoms with Crippen LogP contribution in [0.25, 0.3) is 16.6 Å². The minimum Gasteiger partial charge on any atom is -0.444 e. The molecule has 0 aliphatic carbocycles. The van der Waals surface area contributed by atoms with E-state index in [9.17, 15) is 14.0 Å². The summed E-state index contributed by atoms with van der Waals surface area (Å²) in [5.74, 6) is -0.581. The van der Waals surface area contributed by atoms with Gasteiger partial charge in [-0.15, -0.1) is 0 Å². The lowest BCUT2D eigenvalue weighted by atomic mass is 10.1. The number of alkyl carbamates (subject to hydrolysis) is 1. The molecule has 0 saturated carbocycles. The number of halogens is 4. The van der Waals surface area contributed by atoms with Crippen LogP contribution >= 0.6 is 34.8 Å². The van der Waals surface area contributed by atoms with E-state index < -0.39 is 17.5 Å². The molecule has 6 nitrogen and oxygen atoms in total.